The summed E-state index contributed by atoms with van der Waals surface area (Å²) < 4.78 is 31.9. The minimum atomic E-state index is -4.56. The van der Waals surface area contributed by atoms with E-state index in [0.717, 1.165) is 19.4 Å². The molecule has 0 saturated carbocycles. The molecule has 3 N–H and O–H groups in total. The number of hydrogen-bond donors (Lipinski definition) is 3. The average Bonchev–Trinajstić information content (AvgIpc) is 2.71. The van der Waals surface area contributed by atoms with E-state index >= 15 is 0 Å². The second-order valence-corrected chi connectivity index (χ2v) is 7.64. The molecule has 0 aliphatic carbocycles. The molecule has 0 aromatic carbocycles. The molecule has 134 valence electrons. The third-order valence-electron chi connectivity index (χ3n) is 4.92. The zero-order valence-corrected chi connectivity index (χ0v) is 13.9. The lowest BCUT2D eigenvalue weighted by molar-refractivity contribution is -0.143. The van der Waals surface area contributed by atoms with Gasteiger partial charge in [-0.1, -0.05) is 0 Å². The molecule has 0 unspecified atom stereocenters. The highest BCUT2D eigenvalue weighted by atomic mass is 32.2. The molecular weight excluding hydrogens is 338 g/mol. The number of carbonyl (C=O) groups is 2. The summed E-state index contributed by atoms with van der Waals surface area (Å²) in [5.74, 6) is -0.758. The Kier molecular flexibility index (Phi) is 4.38. The molecule has 3 heterocycles. The van der Waals surface area contributed by atoms with Gasteiger partial charge < -0.3 is 15.1 Å². The van der Waals surface area contributed by atoms with E-state index < -0.39 is 28.3 Å². The predicted molar refractivity (Wildman–Crippen MR) is 83.8 cm³/mol. The second kappa shape index (κ2) is 6.20. The van der Waals surface area contributed by atoms with Crippen molar-refractivity contribution in [2.75, 3.05) is 19.6 Å². The quantitative estimate of drug-likeness (QED) is 0.263. The van der Waals surface area contributed by atoms with Crippen molar-refractivity contribution in [1.29, 1.82) is 5.41 Å². The lowest BCUT2D eigenvalue weighted by atomic mass is 10.0. The number of β-lactam (4-membered cyclic amide) rings is 1. The van der Waals surface area contributed by atoms with Crippen molar-refractivity contribution in [1.82, 2.24) is 19.4 Å². The fourth-order valence-corrected chi connectivity index (χ4v) is 4.59. The van der Waals surface area contributed by atoms with Gasteiger partial charge in [-0.05, 0) is 25.7 Å². The number of nitrogens with zero attached hydrogens (tertiary/aromatic N) is 3. The Hall–Kier alpha value is -1.88. The highest BCUT2D eigenvalue weighted by Crippen LogP contribution is 2.35. The monoisotopic (exact) mass is 359 g/mol. The number of urea groups is 1. The minimum absolute atomic E-state index is 0.0330. The molecule has 11 heteroatoms. The Labute approximate surface area is 140 Å². The highest BCUT2D eigenvalue weighted by Gasteiger charge is 2.60. The summed E-state index contributed by atoms with van der Waals surface area (Å²) in [6.07, 6.45) is 4.00. The van der Waals surface area contributed by atoms with Gasteiger partial charge in [0.1, 0.15) is 6.04 Å². The number of likely N-dealkylation sites (tertiary alicyclic amines) is 2. The number of nitrogens with one attached hydrogen (secondary N) is 2. The van der Waals surface area contributed by atoms with Gasteiger partial charge in [0.2, 0.25) is 0 Å². The summed E-state index contributed by atoms with van der Waals surface area (Å²) in [6.45, 7) is 1.75. The van der Waals surface area contributed by atoms with Crippen LogP contribution in [0.5, 0.6) is 0 Å². The molecule has 0 bridgehead atoms. The standard InChI is InChI=1S/C13H21N5O5S/c14-8-16-5-1-2-9(3-6-16)15-13(20)17-7-4-10-11(17)12(19)18(10)24(21,22)23/h8-11,14H,1-7H2,(H,15,20)(H,21,22,23)/t9-,10+,11-/m0/s1. The lowest BCUT2D eigenvalue weighted by Gasteiger charge is -2.42. The molecule has 3 amide bonds. The molecule has 3 atom stereocenters. The summed E-state index contributed by atoms with van der Waals surface area (Å²) in [7, 11) is -4.56. The van der Waals surface area contributed by atoms with Crippen LogP contribution in [0.15, 0.2) is 0 Å². The first-order valence-corrected chi connectivity index (χ1v) is 9.35. The Morgan fingerprint density at radius 1 is 1.25 bits per heavy atom. The Morgan fingerprint density at radius 2 is 2.00 bits per heavy atom. The molecule has 10 nitrogen and oxygen atoms in total. The third kappa shape index (κ3) is 2.93. The van der Waals surface area contributed by atoms with Crippen LogP contribution >= 0.6 is 0 Å². The lowest BCUT2D eigenvalue weighted by Crippen LogP contribution is -2.69. The van der Waals surface area contributed by atoms with Crippen LogP contribution in [0.25, 0.3) is 0 Å². The average molecular weight is 359 g/mol. The fraction of sp³-hybridized carbons (Fsp3) is 0.769. The van der Waals surface area contributed by atoms with Crippen LogP contribution in [-0.4, -0.2) is 83.1 Å². The van der Waals surface area contributed by atoms with Crippen LogP contribution in [0.3, 0.4) is 0 Å². The first kappa shape index (κ1) is 17.0. The zero-order chi connectivity index (χ0) is 17.5. The number of rotatable bonds is 3. The second-order valence-electron chi connectivity index (χ2n) is 6.35. The molecule has 0 aromatic heterocycles. The van der Waals surface area contributed by atoms with E-state index in [1.54, 1.807) is 0 Å². The van der Waals surface area contributed by atoms with Gasteiger partial charge in [0.25, 0.3) is 5.91 Å². The number of amides is 3. The van der Waals surface area contributed by atoms with Gasteiger partial charge in [0.15, 0.2) is 0 Å². The maximum Gasteiger partial charge on any atom is 0.362 e. The van der Waals surface area contributed by atoms with Gasteiger partial charge in [-0.3, -0.25) is 14.8 Å². The molecule has 3 aliphatic rings. The molecule has 3 fully saturated rings. The Morgan fingerprint density at radius 3 is 2.67 bits per heavy atom. The summed E-state index contributed by atoms with van der Waals surface area (Å²) >= 11 is 0. The van der Waals surface area contributed by atoms with Crippen molar-refractivity contribution < 1.29 is 22.6 Å². The van der Waals surface area contributed by atoms with E-state index in [9.17, 15) is 18.0 Å². The molecule has 0 radical (unpaired) electrons. The molecule has 3 saturated heterocycles. The van der Waals surface area contributed by atoms with Crippen molar-refractivity contribution in [3.05, 3.63) is 0 Å². The molecular formula is C13H21N5O5S. The Bertz CT molecular complexity index is 653. The Balaban J connectivity index is 1.59. The maximum absolute atomic E-state index is 12.4. The van der Waals surface area contributed by atoms with Crippen molar-refractivity contribution >= 4 is 28.6 Å². The highest BCUT2D eigenvalue weighted by molar-refractivity contribution is 7.84. The largest absolute Gasteiger partial charge is 0.363 e. The normalized spacial score (nSPS) is 30.5. The van der Waals surface area contributed by atoms with Crippen LogP contribution in [-0.2, 0) is 15.1 Å². The number of hydrogen-bond acceptors (Lipinski definition) is 5. The SMILES string of the molecule is N=CN1CCC[C@H](NC(=O)N2CC[C@@H]3[C@H]2C(=O)N3S(=O)(=O)O)CC1. The van der Waals surface area contributed by atoms with Gasteiger partial charge in [-0.25, -0.2) is 9.10 Å². The van der Waals surface area contributed by atoms with Gasteiger partial charge in [-0.15, -0.1) is 0 Å². The smallest absolute Gasteiger partial charge is 0.362 e. The summed E-state index contributed by atoms with van der Waals surface area (Å²) in [5.41, 5.74) is 0. The van der Waals surface area contributed by atoms with E-state index in [0.29, 0.717) is 23.7 Å². The van der Waals surface area contributed by atoms with Crippen molar-refractivity contribution in [3.63, 3.8) is 0 Å². The first-order chi connectivity index (χ1) is 11.3. The van der Waals surface area contributed by atoms with Crippen LogP contribution < -0.4 is 5.32 Å². The zero-order valence-electron chi connectivity index (χ0n) is 13.1. The van der Waals surface area contributed by atoms with Crippen LogP contribution in [0.2, 0.25) is 0 Å². The molecule has 24 heavy (non-hydrogen) atoms. The third-order valence-corrected chi connectivity index (χ3v) is 5.87. The van der Waals surface area contributed by atoms with Gasteiger partial charge in [-0.2, -0.15) is 8.42 Å². The van der Waals surface area contributed by atoms with Gasteiger partial charge >= 0.3 is 16.3 Å². The topological polar surface area (TPSA) is 134 Å². The molecule has 3 rings (SSSR count). The van der Waals surface area contributed by atoms with Gasteiger partial charge in [0, 0.05) is 25.7 Å². The van der Waals surface area contributed by atoms with E-state index in [2.05, 4.69) is 5.32 Å². The number of fused-ring (bicyclic) bond motifs is 1. The molecule has 0 aromatic rings. The van der Waals surface area contributed by atoms with Gasteiger partial charge in [0.05, 0.1) is 12.4 Å². The van der Waals surface area contributed by atoms with E-state index in [4.69, 9.17) is 9.96 Å². The van der Waals surface area contributed by atoms with E-state index in [1.165, 1.54) is 11.2 Å². The molecule has 3 aliphatic heterocycles. The van der Waals surface area contributed by atoms with Crippen molar-refractivity contribution in [2.24, 2.45) is 0 Å². The minimum Gasteiger partial charge on any atom is -0.363 e. The fourth-order valence-electron chi connectivity index (χ4n) is 3.69. The summed E-state index contributed by atoms with van der Waals surface area (Å²) in [6, 6.07) is -1.88. The summed E-state index contributed by atoms with van der Waals surface area (Å²) in [4.78, 5) is 27.7. The van der Waals surface area contributed by atoms with E-state index in [1.807, 2.05) is 4.90 Å². The first-order valence-electron chi connectivity index (χ1n) is 7.95. The van der Waals surface area contributed by atoms with Crippen LogP contribution in [0.1, 0.15) is 25.7 Å². The molecule has 0 spiro atoms. The predicted octanol–water partition coefficient (Wildman–Crippen LogP) is -0.755. The maximum atomic E-state index is 12.4. The van der Waals surface area contributed by atoms with Crippen LogP contribution in [0.4, 0.5) is 4.79 Å². The van der Waals surface area contributed by atoms with Crippen molar-refractivity contribution in [3.8, 4) is 0 Å². The van der Waals surface area contributed by atoms with Crippen LogP contribution in [0, 0.1) is 5.41 Å². The summed E-state index contributed by atoms with van der Waals surface area (Å²) in [5, 5.41) is 10.2. The van der Waals surface area contributed by atoms with E-state index in [-0.39, 0.29) is 18.6 Å². The number of carbonyl (C=O) groups excluding carboxylic acids is 2. The van der Waals surface area contributed by atoms with Crippen molar-refractivity contribution in [2.45, 2.75) is 43.8 Å².